The van der Waals surface area contributed by atoms with Gasteiger partial charge in [0.1, 0.15) is 5.82 Å². The maximum absolute atomic E-state index is 5.89. The summed E-state index contributed by atoms with van der Waals surface area (Å²) in [5.41, 5.74) is 3.37. The Morgan fingerprint density at radius 2 is 1.87 bits per heavy atom. The first-order valence-corrected chi connectivity index (χ1v) is 11.2. The van der Waals surface area contributed by atoms with Crippen LogP contribution in [0, 0.1) is 6.92 Å². The molecule has 1 saturated carbocycles. The average Bonchev–Trinajstić information content (AvgIpc) is 3.40. The molecule has 0 amide bonds. The van der Waals surface area contributed by atoms with Crippen LogP contribution in [0.15, 0.2) is 61.1 Å². The molecule has 2 fully saturated rings. The van der Waals surface area contributed by atoms with Crippen molar-refractivity contribution >= 4 is 17.3 Å². The third kappa shape index (κ3) is 3.49. The number of hydrogen-bond acceptors (Lipinski definition) is 3. The zero-order chi connectivity index (χ0) is 20.5. The summed E-state index contributed by atoms with van der Waals surface area (Å²) in [5.74, 6) is 0.932. The second kappa shape index (κ2) is 8.19. The molecule has 0 bridgehead atoms. The van der Waals surface area contributed by atoms with E-state index in [1.807, 2.05) is 24.5 Å². The quantitative estimate of drug-likeness (QED) is 0.613. The first-order valence-electron chi connectivity index (χ1n) is 10.8. The highest BCUT2D eigenvalue weighted by Gasteiger charge is 2.44. The Hall–Kier alpha value is -2.73. The fraction of sp³-hybridized carbons (Fsp3) is 0.375. The van der Waals surface area contributed by atoms with E-state index >= 15 is 0 Å². The molecule has 1 aliphatic carbocycles. The molecule has 0 radical (unpaired) electrons. The van der Waals surface area contributed by atoms with Gasteiger partial charge in [-0.05, 0) is 67.9 Å². The smallest absolute Gasteiger partial charge is 0.170 e. The number of thiocarbonyl (C=S) groups is 1. The van der Waals surface area contributed by atoms with Crippen molar-refractivity contribution in [2.24, 2.45) is 0 Å². The Balaban J connectivity index is 1.60. The summed E-state index contributed by atoms with van der Waals surface area (Å²) >= 11 is 5.89. The van der Waals surface area contributed by atoms with Crippen molar-refractivity contribution in [1.29, 1.82) is 0 Å². The van der Waals surface area contributed by atoms with Crippen LogP contribution in [0.25, 0.3) is 5.82 Å². The topological polar surface area (TPSA) is 46.0 Å². The zero-order valence-electron chi connectivity index (χ0n) is 17.2. The minimum Gasteiger partial charge on any atom is -0.352 e. The van der Waals surface area contributed by atoms with E-state index in [0.717, 1.165) is 22.2 Å². The van der Waals surface area contributed by atoms with Crippen LogP contribution in [-0.4, -0.2) is 30.6 Å². The normalized spacial score (nSPS) is 22.3. The van der Waals surface area contributed by atoms with Gasteiger partial charge in [-0.25, -0.2) is 4.98 Å². The molecule has 5 nitrogen and oxygen atoms in total. The minimum absolute atomic E-state index is 0.0136. The Bertz CT molecular complexity index is 1010. The molecular weight excluding hydrogens is 390 g/mol. The third-order valence-electron chi connectivity index (χ3n) is 6.33. The summed E-state index contributed by atoms with van der Waals surface area (Å²) in [4.78, 5) is 11.8. The molecular formula is C24H27N5S. The molecule has 1 N–H and O–H groups in total. The number of nitrogens with zero attached hydrogens (tertiary/aromatic N) is 4. The molecule has 6 heteroatoms. The summed E-state index contributed by atoms with van der Waals surface area (Å²) in [6.45, 7) is 2.06. The maximum Gasteiger partial charge on any atom is 0.170 e. The lowest BCUT2D eigenvalue weighted by Gasteiger charge is -2.37. The fourth-order valence-electron chi connectivity index (χ4n) is 4.88. The molecule has 3 aromatic rings. The Morgan fingerprint density at radius 1 is 1.00 bits per heavy atom. The molecule has 3 aromatic heterocycles. The van der Waals surface area contributed by atoms with E-state index in [2.05, 4.69) is 68.2 Å². The van der Waals surface area contributed by atoms with E-state index in [1.165, 1.54) is 37.8 Å². The van der Waals surface area contributed by atoms with Gasteiger partial charge in [-0.15, -0.1) is 0 Å². The highest BCUT2D eigenvalue weighted by Crippen LogP contribution is 2.42. The van der Waals surface area contributed by atoms with Crippen LogP contribution in [0.1, 0.15) is 61.1 Å². The minimum atomic E-state index is 0.0136. The lowest BCUT2D eigenvalue weighted by molar-refractivity contribution is 0.193. The third-order valence-corrected chi connectivity index (χ3v) is 6.66. The molecule has 2 aliphatic rings. The van der Waals surface area contributed by atoms with Crippen LogP contribution in [0.4, 0.5) is 0 Å². The SMILES string of the molecule is Cc1ccc(-n2cccc2[C@@H]2[C@@H](c3ccccn3)NC(=S)N2C2CCCCC2)nc1. The standard InChI is InChI=1S/C24H27N5S/c1-17-12-13-21(26-16-17)28-15-7-11-20(28)23-22(19-10-5-6-14-25-19)27-24(30)29(23)18-8-3-2-4-9-18/h5-7,10-16,18,22-23H,2-4,8-9H2,1H3,(H,27,30)/t22-,23-/m1/s1. The number of pyridine rings is 2. The highest BCUT2D eigenvalue weighted by atomic mass is 32.1. The van der Waals surface area contributed by atoms with E-state index < -0.39 is 0 Å². The van der Waals surface area contributed by atoms with Gasteiger partial charge in [0.25, 0.3) is 0 Å². The van der Waals surface area contributed by atoms with Crippen molar-refractivity contribution in [2.45, 2.75) is 57.2 Å². The van der Waals surface area contributed by atoms with Crippen LogP contribution < -0.4 is 5.32 Å². The van der Waals surface area contributed by atoms with Crippen molar-refractivity contribution < 1.29 is 0 Å². The van der Waals surface area contributed by atoms with Crippen LogP contribution in [0.3, 0.4) is 0 Å². The van der Waals surface area contributed by atoms with Gasteiger partial charge >= 0.3 is 0 Å². The summed E-state index contributed by atoms with van der Waals surface area (Å²) in [5, 5.41) is 4.44. The van der Waals surface area contributed by atoms with Crippen molar-refractivity contribution in [3.05, 3.63) is 78.0 Å². The molecule has 0 aromatic carbocycles. The van der Waals surface area contributed by atoms with Gasteiger partial charge in [-0.3, -0.25) is 4.98 Å². The molecule has 0 unspecified atom stereocenters. The van der Waals surface area contributed by atoms with E-state index in [1.54, 1.807) is 0 Å². The summed E-state index contributed by atoms with van der Waals surface area (Å²) in [7, 11) is 0. The van der Waals surface area contributed by atoms with Crippen LogP contribution in [0.2, 0.25) is 0 Å². The fourth-order valence-corrected chi connectivity index (χ4v) is 5.27. The molecule has 1 aliphatic heterocycles. The summed E-state index contributed by atoms with van der Waals surface area (Å²) in [6.07, 6.45) is 12.1. The largest absolute Gasteiger partial charge is 0.352 e. The summed E-state index contributed by atoms with van der Waals surface area (Å²) < 4.78 is 2.20. The highest BCUT2D eigenvalue weighted by molar-refractivity contribution is 7.80. The molecule has 30 heavy (non-hydrogen) atoms. The zero-order valence-corrected chi connectivity index (χ0v) is 18.1. The number of nitrogens with one attached hydrogen (secondary N) is 1. The lowest BCUT2D eigenvalue weighted by Crippen LogP contribution is -2.40. The van der Waals surface area contributed by atoms with Gasteiger partial charge in [0.2, 0.25) is 0 Å². The Labute approximate surface area is 183 Å². The second-order valence-electron chi connectivity index (χ2n) is 8.32. The van der Waals surface area contributed by atoms with E-state index in [-0.39, 0.29) is 12.1 Å². The maximum atomic E-state index is 5.89. The predicted octanol–water partition coefficient (Wildman–Crippen LogP) is 4.88. The average molecular weight is 418 g/mol. The lowest BCUT2D eigenvalue weighted by atomic mass is 9.92. The Kier molecular flexibility index (Phi) is 5.25. The number of rotatable bonds is 4. The van der Waals surface area contributed by atoms with E-state index in [9.17, 15) is 0 Å². The van der Waals surface area contributed by atoms with Gasteiger partial charge in [0.15, 0.2) is 5.11 Å². The Morgan fingerprint density at radius 3 is 2.60 bits per heavy atom. The first kappa shape index (κ1) is 19.2. The number of hydrogen-bond donors (Lipinski definition) is 1. The monoisotopic (exact) mass is 417 g/mol. The van der Waals surface area contributed by atoms with Gasteiger partial charge in [-0.1, -0.05) is 31.4 Å². The van der Waals surface area contributed by atoms with E-state index in [0.29, 0.717) is 6.04 Å². The van der Waals surface area contributed by atoms with Crippen molar-refractivity contribution in [2.75, 3.05) is 0 Å². The van der Waals surface area contributed by atoms with Crippen LogP contribution >= 0.6 is 12.2 Å². The van der Waals surface area contributed by atoms with Gasteiger partial charge in [-0.2, -0.15) is 0 Å². The van der Waals surface area contributed by atoms with Crippen molar-refractivity contribution in [3.8, 4) is 5.82 Å². The molecule has 5 rings (SSSR count). The molecule has 154 valence electrons. The second-order valence-corrected chi connectivity index (χ2v) is 8.71. The van der Waals surface area contributed by atoms with Gasteiger partial charge in [0, 0.05) is 30.3 Å². The van der Waals surface area contributed by atoms with Crippen LogP contribution in [0.5, 0.6) is 0 Å². The van der Waals surface area contributed by atoms with Gasteiger partial charge < -0.3 is 14.8 Å². The molecule has 4 heterocycles. The molecule has 0 spiro atoms. The predicted molar refractivity (Wildman–Crippen MR) is 122 cm³/mol. The van der Waals surface area contributed by atoms with E-state index in [4.69, 9.17) is 12.2 Å². The number of aromatic nitrogens is 3. The molecule has 2 atom stereocenters. The van der Waals surface area contributed by atoms with Crippen molar-refractivity contribution in [1.82, 2.24) is 24.8 Å². The van der Waals surface area contributed by atoms with Crippen molar-refractivity contribution in [3.63, 3.8) is 0 Å². The number of aryl methyl sites for hydroxylation is 1. The van der Waals surface area contributed by atoms with Crippen LogP contribution in [-0.2, 0) is 0 Å². The molecule has 1 saturated heterocycles. The van der Waals surface area contributed by atoms with Gasteiger partial charge in [0.05, 0.1) is 17.8 Å². The summed E-state index contributed by atoms with van der Waals surface area (Å²) in [6, 6.07) is 15.2. The first-order chi connectivity index (χ1) is 14.7.